The zero-order chi connectivity index (χ0) is 19.2. The van der Waals surface area contributed by atoms with E-state index in [0.717, 1.165) is 17.0 Å². The monoisotopic (exact) mass is 520 g/mol. The van der Waals surface area contributed by atoms with Crippen molar-refractivity contribution >= 4 is 24.2 Å². The summed E-state index contributed by atoms with van der Waals surface area (Å²) in [6, 6.07) is 11.4. The van der Waals surface area contributed by atoms with Crippen LogP contribution in [0.2, 0.25) is 0 Å². The average Bonchev–Trinajstić information content (AvgIpc) is 2.80. The second kappa shape index (κ2) is 11.8. The summed E-state index contributed by atoms with van der Waals surface area (Å²) < 4.78 is 0. The van der Waals surface area contributed by atoms with E-state index in [1.54, 1.807) is 5.31 Å². The first-order valence-electron chi connectivity index (χ1n) is 12.2. The van der Waals surface area contributed by atoms with E-state index < -0.39 is 7.26 Å². The molecule has 29 heavy (non-hydrogen) atoms. The second-order valence-electron chi connectivity index (χ2n) is 9.83. The molecule has 3 saturated carbocycles. The smallest absolute Gasteiger partial charge is 0 e. The van der Waals surface area contributed by atoms with Gasteiger partial charge in [0.25, 0.3) is 0 Å². The van der Waals surface area contributed by atoms with Crippen LogP contribution in [0.1, 0.15) is 102 Å². The van der Waals surface area contributed by atoms with E-state index in [1.807, 2.05) is 0 Å². The Balaban J connectivity index is 0.00000240. The largest absolute Gasteiger partial charge is 0 e. The van der Waals surface area contributed by atoms with Gasteiger partial charge in [0.2, 0.25) is 0 Å². The van der Waals surface area contributed by atoms with Gasteiger partial charge in [0, 0.05) is 19.5 Å². The van der Waals surface area contributed by atoms with Crippen molar-refractivity contribution in [2.24, 2.45) is 0 Å². The molecule has 0 nitrogen and oxygen atoms in total. The first-order chi connectivity index (χ1) is 13.9. The molecule has 1 aromatic rings. The number of hydrogen-bond donors (Lipinski definition) is 0. The van der Waals surface area contributed by atoms with Gasteiger partial charge in [-0.15, -0.1) is 0 Å². The fourth-order valence-corrected chi connectivity index (χ4v) is 16.4. The summed E-state index contributed by atoms with van der Waals surface area (Å²) in [5.74, 6) is 0. The summed E-state index contributed by atoms with van der Waals surface area (Å²) in [5, 5.41) is 1.65. The van der Waals surface area contributed by atoms with Crippen LogP contribution in [0.5, 0.6) is 0 Å². The van der Waals surface area contributed by atoms with E-state index in [2.05, 4.69) is 35.9 Å². The van der Waals surface area contributed by atoms with E-state index in [-0.39, 0.29) is 19.5 Å². The maximum Gasteiger partial charge on any atom is 0 e. The summed E-state index contributed by atoms with van der Waals surface area (Å²) in [5.41, 5.74) is 6.47. The molecule has 0 atom stereocenters. The summed E-state index contributed by atoms with van der Waals surface area (Å²) in [4.78, 5) is 0. The quantitative estimate of drug-likeness (QED) is 0.269. The van der Waals surface area contributed by atoms with Crippen LogP contribution < -0.4 is 0 Å². The number of benzene rings is 1. The molecule has 0 aromatic heterocycles. The molecule has 0 bridgehead atoms. The Labute approximate surface area is 197 Å². The molecule has 1 aromatic carbocycles. The Bertz CT molecular complexity index is 580. The fraction of sp³-hybridized carbons (Fsp3) is 0.692. The molecule has 0 aliphatic heterocycles. The molecule has 164 valence electrons. The van der Waals surface area contributed by atoms with E-state index in [0.29, 0.717) is 0 Å². The summed E-state index contributed by atoms with van der Waals surface area (Å²) >= 11 is 6.82. The fourth-order valence-electron chi connectivity index (χ4n) is 7.43. The summed E-state index contributed by atoms with van der Waals surface area (Å²) in [6.07, 6.45) is 22.1. The normalized spacial score (nSPS) is 24.1. The van der Waals surface area contributed by atoms with Gasteiger partial charge >= 0.3 is 179 Å². The summed E-state index contributed by atoms with van der Waals surface area (Å²) in [7, 11) is -1.73. The average molecular weight is 520 g/mol. The van der Waals surface area contributed by atoms with Crippen molar-refractivity contribution in [2.45, 2.75) is 113 Å². The maximum atomic E-state index is 6.82. The van der Waals surface area contributed by atoms with Gasteiger partial charge < -0.3 is 0 Å². The van der Waals surface area contributed by atoms with Crippen LogP contribution >= 0.6 is 18.9 Å². The molecule has 0 amide bonds. The van der Waals surface area contributed by atoms with Crippen molar-refractivity contribution in [2.75, 3.05) is 0 Å². The van der Waals surface area contributed by atoms with Gasteiger partial charge in [0.05, 0.1) is 0 Å². The van der Waals surface area contributed by atoms with Crippen LogP contribution in [0.25, 0.3) is 5.31 Å². The Morgan fingerprint density at radius 1 is 0.655 bits per heavy atom. The van der Waals surface area contributed by atoms with Gasteiger partial charge in [-0.05, 0) is 0 Å². The standard InChI is InChI=1S/C26H40ClP.Ru/c27-21-26(22-13-5-1-6-14-22)28(23-15-7-2-8-16-23,24-17-9-3-10-18-24)25-19-11-4-12-20-25;/h1,5-6,13-14,21,23-25,28H,2-4,7-12,15-20H2;. The van der Waals surface area contributed by atoms with Gasteiger partial charge in [-0.3, -0.25) is 0 Å². The molecule has 3 aliphatic rings. The molecule has 3 aliphatic carbocycles. The van der Waals surface area contributed by atoms with Crippen molar-refractivity contribution < 1.29 is 19.5 Å². The molecule has 0 heterocycles. The SMILES string of the molecule is ClC=C(c1ccccc1)[PH](C1CCCCC1)(C1CCCCC1)C1CCCCC1.[Ru]. The zero-order valence-corrected chi connectivity index (χ0v) is 21.5. The van der Waals surface area contributed by atoms with Crippen LogP contribution in [0.4, 0.5) is 0 Å². The third-order valence-corrected chi connectivity index (χ3v) is 16.1. The van der Waals surface area contributed by atoms with Crippen LogP contribution in [-0.2, 0) is 19.5 Å². The van der Waals surface area contributed by atoms with Crippen molar-refractivity contribution in [1.82, 2.24) is 0 Å². The second-order valence-corrected chi connectivity index (χ2v) is 14.9. The molecule has 0 N–H and O–H groups in total. The number of halogens is 1. The Hall–Kier alpha value is 0.303. The third-order valence-electron chi connectivity index (χ3n) is 8.50. The van der Waals surface area contributed by atoms with Crippen LogP contribution in [0, 0.1) is 0 Å². The molecule has 0 radical (unpaired) electrons. The van der Waals surface area contributed by atoms with Crippen molar-refractivity contribution in [3.05, 3.63) is 41.4 Å². The van der Waals surface area contributed by atoms with Crippen LogP contribution in [0.3, 0.4) is 0 Å². The van der Waals surface area contributed by atoms with Crippen molar-refractivity contribution in [3.63, 3.8) is 0 Å². The minimum absolute atomic E-state index is 0. The van der Waals surface area contributed by atoms with Crippen molar-refractivity contribution in [3.8, 4) is 0 Å². The predicted molar refractivity (Wildman–Crippen MR) is 129 cm³/mol. The van der Waals surface area contributed by atoms with Crippen molar-refractivity contribution in [1.29, 1.82) is 0 Å². The first kappa shape index (κ1) is 24.0. The molecule has 4 rings (SSSR count). The Morgan fingerprint density at radius 2 is 1.03 bits per heavy atom. The molecular weight excluding hydrogens is 480 g/mol. The molecule has 3 fully saturated rings. The number of hydrogen-bond acceptors (Lipinski definition) is 0. The third kappa shape index (κ3) is 5.04. The predicted octanol–water partition coefficient (Wildman–Crippen LogP) is 8.97. The minimum atomic E-state index is -1.73. The number of rotatable bonds is 5. The Morgan fingerprint density at radius 3 is 1.38 bits per heavy atom. The van der Waals surface area contributed by atoms with Crippen LogP contribution in [-0.4, -0.2) is 17.0 Å². The zero-order valence-electron chi connectivity index (χ0n) is 18.0. The van der Waals surface area contributed by atoms with Gasteiger partial charge in [-0.25, -0.2) is 0 Å². The Kier molecular flexibility index (Phi) is 9.74. The van der Waals surface area contributed by atoms with Gasteiger partial charge in [0.15, 0.2) is 0 Å². The molecule has 0 unspecified atom stereocenters. The summed E-state index contributed by atoms with van der Waals surface area (Å²) in [6.45, 7) is 0. The van der Waals surface area contributed by atoms with Gasteiger partial charge in [-0.2, -0.15) is 0 Å². The van der Waals surface area contributed by atoms with Crippen LogP contribution in [0.15, 0.2) is 35.9 Å². The van der Waals surface area contributed by atoms with E-state index in [4.69, 9.17) is 11.6 Å². The van der Waals surface area contributed by atoms with E-state index in [1.165, 1.54) is 102 Å². The van der Waals surface area contributed by atoms with E-state index in [9.17, 15) is 0 Å². The first-order valence-corrected chi connectivity index (χ1v) is 14.9. The molecule has 0 saturated heterocycles. The topological polar surface area (TPSA) is 0 Å². The van der Waals surface area contributed by atoms with Gasteiger partial charge in [-0.1, -0.05) is 0 Å². The molecule has 0 spiro atoms. The minimum Gasteiger partial charge on any atom is 0 e. The molecule has 3 heteroatoms. The maximum absolute atomic E-state index is 6.82. The van der Waals surface area contributed by atoms with Gasteiger partial charge in [0.1, 0.15) is 0 Å². The van der Waals surface area contributed by atoms with E-state index >= 15 is 0 Å². The molecular formula is C26H40ClPRu.